The Kier molecular flexibility index (Phi) is 6.47. The molecular weight excluding hydrogens is 260 g/mol. The van der Waals surface area contributed by atoms with Gasteiger partial charge in [0.1, 0.15) is 0 Å². The van der Waals surface area contributed by atoms with Crippen molar-refractivity contribution in [2.75, 3.05) is 20.2 Å². The van der Waals surface area contributed by atoms with Gasteiger partial charge in [-0.1, -0.05) is 20.8 Å². The summed E-state index contributed by atoms with van der Waals surface area (Å²) in [5.74, 6) is -1.53. The molecule has 0 bridgehead atoms. The highest BCUT2D eigenvalue weighted by atomic mass is 16.4. The van der Waals surface area contributed by atoms with Gasteiger partial charge in [0.15, 0.2) is 0 Å². The number of nitrogens with zero attached hydrogens (tertiary/aromatic N) is 1. The Hall–Kier alpha value is -1.30. The van der Waals surface area contributed by atoms with Crippen LogP contribution in [0.3, 0.4) is 0 Å². The van der Waals surface area contributed by atoms with Gasteiger partial charge in [0.05, 0.1) is 18.1 Å². The van der Waals surface area contributed by atoms with Gasteiger partial charge in [-0.3, -0.25) is 4.79 Å². The van der Waals surface area contributed by atoms with E-state index in [9.17, 15) is 19.8 Å². The number of nitrogens with one attached hydrogen (secondary N) is 1. The molecule has 118 valence electrons. The number of carbonyl (C=O) groups is 2. The summed E-state index contributed by atoms with van der Waals surface area (Å²) in [6.07, 6.45) is 0.482. The first kappa shape index (κ1) is 18.7. The van der Waals surface area contributed by atoms with E-state index in [1.165, 1.54) is 4.90 Å². The molecule has 0 aliphatic rings. The largest absolute Gasteiger partial charge is 0.481 e. The van der Waals surface area contributed by atoms with E-state index in [2.05, 4.69) is 5.32 Å². The Morgan fingerprint density at radius 2 is 1.70 bits per heavy atom. The van der Waals surface area contributed by atoms with Gasteiger partial charge < -0.3 is 20.4 Å². The van der Waals surface area contributed by atoms with Crippen LogP contribution in [0, 0.1) is 11.3 Å². The lowest BCUT2D eigenvalue weighted by Crippen LogP contribution is -2.52. The van der Waals surface area contributed by atoms with Crippen LogP contribution < -0.4 is 5.32 Å². The van der Waals surface area contributed by atoms with E-state index in [0.717, 1.165) is 0 Å². The summed E-state index contributed by atoms with van der Waals surface area (Å²) in [4.78, 5) is 24.5. The molecule has 3 N–H and O–H groups in total. The minimum Gasteiger partial charge on any atom is -0.481 e. The fourth-order valence-electron chi connectivity index (χ4n) is 1.70. The average molecular weight is 288 g/mol. The zero-order chi connectivity index (χ0) is 16.1. The highest BCUT2D eigenvalue weighted by Crippen LogP contribution is 2.24. The predicted molar refractivity (Wildman–Crippen MR) is 77.5 cm³/mol. The highest BCUT2D eigenvalue weighted by molar-refractivity contribution is 5.76. The van der Waals surface area contributed by atoms with Crippen molar-refractivity contribution in [1.29, 1.82) is 0 Å². The zero-order valence-electron chi connectivity index (χ0n) is 13.4. The molecule has 0 aromatic heterocycles. The van der Waals surface area contributed by atoms with Gasteiger partial charge in [-0.05, 0) is 25.7 Å². The van der Waals surface area contributed by atoms with E-state index in [1.807, 2.05) is 20.8 Å². The van der Waals surface area contributed by atoms with Gasteiger partial charge in [0, 0.05) is 13.6 Å². The lowest BCUT2D eigenvalue weighted by Gasteiger charge is -2.34. The van der Waals surface area contributed by atoms with Crippen LogP contribution in [-0.4, -0.2) is 52.9 Å². The van der Waals surface area contributed by atoms with E-state index in [0.29, 0.717) is 6.42 Å². The quantitative estimate of drug-likeness (QED) is 0.691. The van der Waals surface area contributed by atoms with Crippen LogP contribution in [0.25, 0.3) is 0 Å². The monoisotopic (exact) mass is 288 g/mol. The molecule has 0 spiro atoms. The average Bonchev–Trinajstić information content (AvgIpc) is 2.31. The lowest BCUT2D eigenvalue weighted by atomic mass is 9.84. The van der Waals surface area contributed by atoms with Gasteiger partial charge in [-0.15, -0.1) is 0 Å². The van der Waals surface area contributed by atoms with Crippen LogP contribution in [0.2, 0.25) is 0 Å². The van der Waals surface area contributed by atoms with Gasteiger partial charge in [-0.2, -0.15) is 0 Å². The van der Waals surface area contributed by atoms with E-state index < -0.39 is 17.4 Å². The summed E-state index contributed by atoms with van der Waals surface area (Å²) in [6, 6.07) is -0.385. The maximum Gasteiger partial charge on any atom is 0.317 e. The van der Waals surface area contributed by atoms with Crippen molar-refractivity contribution in [3.8, 4) is 0 Å². The van der Waals surface area contributed by atoms with Crippen LogP contribution >= 0.6 is 0 Å². The number of aliphatic hydroxyl groups excluding tert-OH is 1. The summed E-state index contributed by atoms with van der Waals surface area (Å²) in [7, 11) is 1.57. The van der Waals surface area contributed by atoms with Crippen molar-refractivity contribution in [2.45, 2.75) is 46.6 Å². The number of likely N-dealkylation sites (N-methyl/N-ethyl adjacent to an activating group) is 1. The molecule has 1 unspecified atom stereocenters. The van der Waals surface area contributed by atoms with Crippen LogP contribution in [0.1, 0.15) is 41.0 Å². The first-order chi connectivity index (χ1) is 8.90. The number of aliphatic hydroxyl groups is 1. The summed E-state index contributed by atoms with van der Waals surface area (Å²) in [5, 5.41) is 21.0. The minimum absolute atomic E-state index is 0.0806. The molecule has 6 nitrogen and oxygen atoms in total. The molecule has 0 saturated carbocycles. The topological polar surface area (TPSA) is 89.9 Å². The number of aliphatic carboxylic acids is 1. The van der Waals surface area contributed by atoms with Gasteiger partial charge >= 0.3 is 12.0 Å². The lowest BCUT2D eigenvalue weighted by molar-refractivity contribution is -0.142. The van der Waals surface area contributed by atoms with Crippen LogP contribution in [0.4, 0.5) is 4.79 Å². The SMILES string of the molecule is CN(C(=O)NCC(CC(C)(C)C)C(=O)O)C(C)(C)CO. The second-order valence-electron chi connectivity index (χ2n) is 7.02. The summed E-state index contributed by atoms with van der Waals surface area (Å²) < 4.78 is 0. The molecule has 0 radical (unpaired) electrons. The highest BCUT2D eigenvalue weighted by Gasteiger charge is 2.29. The van der Waals surface area contributed by atoms with E-state index >= 15 is 0 Å². The number of amides is 2. The zero-order valence-corrected chi connectivity index (χ0v) is 13.4. The smallest absolute Gasteiger partial charge is 0.317 e. The Labute approximate surface area is 121 Å². The summed E-state index contributed by atoms with van der Waals surface area (Å²) >= 11 is 0. The number of rotatable bonds is 6. The predicted octanol–water partition coefficient (Wildman–Crippen LogP) is 1.54. The van der Waals surface area contributed by atoms with Crippen molar-refractivity contribution < 1.29 is 19.8 Å². The Morgan fingerprint density at radius 1 is 1.20 bits per heavy atom. The van der Waals surface area contributed by atoms with Crippen LogP contribution in [0.5, 0.6) is 0 Å². The number of carbonyl (C=O) groups excluding carboxylic acids is 1. The molecule has 2 amide bonds. The third-order valence-corrected chi connectivity index (χ3v) is 3.31. The Morgan fingerprint density at radius 3 is 2.05 bits per heavy atom. The molecule has 0 aliphatic heterocycles. The fraction of sp³-hybridized carbons (Fsp3) is 0.857. The van der Waals surface area contributed by atoms with E-state index in [-0.39, 0.29) is 24.6 Å². The van der Waals surface area contributed by atoms with Crippen molar-refractivity contribution in [3.05, 3.63) is 0 Å². The minimum atomic E-state index is -0.913. The van der Waals surface area contributed by atoms with Gasteiger partial charge in [-0.25, -0.2) is 4.79 Å². The van der Waals surface area contributed by atoms with Crippen LogP contribution in [-0.2, 0) is 4.79 Å². The number of urea groups is 1. The van der Waals surface area contributed by atoms with Crippen LogP contribution in [0.15, 0.2) is 0 Å². The van der Waals surface area contributed by atoms with Crippen molar-refractivity contribution in [1.82, 2.24) is 10.2 Å². The molecule has 0 saturated heterocycles. The van der Waals surface area contributed by atoms with Crippen molar-refractivity contribution >= 4 is 12.0 Å². The number of hydrogen-bond acceptors (Lipinski definition) is 3. The van der Waals surface area contributed by atoms with Gasteiger partial charge in [0.2, 0.25) is 0 Å². The number of carboxylic acid groups (broad SMARTS) is 1. The Balaban J connectivity index is 4.57. The molecule has 0 aromatic carbocycles. The van der Waals surface area contributed by atoms with E-state index in [4.69, 9.17) is 0 Å². The molecule has 0 aliphatic carbocycles. The fourth-order valence-corrected chi connectivity index (χ4v) is 1.70. The third kappa shape index (κ3) is 6.23. The molecule has 0 aromatic rings. The molecule has 0 heterocycles. The number of carboxylic acids is 1. The molecular formula is C14H28N2O4. The Bertz CT molecular complexity index is 348. The molecule has 6 heteroatoms. The van der Waals surface area contributed by atoms with Gasteiger partial charge in [0.25, 0.3) is 0 Å². The summed E-state index contributed by atoms with van der Waals surface area (Å²) in [6.45, 7) is 9.27. The second kappa shape index (κ2) is 6.92. The standard InChI is InChI=1S/C14H28N2O4/c1-13(2,3)7-10(11(18)19)8-15-12(20)16(6)14(4,5)9-17/h10,17H,7-9H2,1-6H3,(H,15,20)(H,18,19). The van der Waals surface area contributed by atoms with Crippen molar-refractivity contribution in [3.63, 3.8) is 0 Å². The molecule has 0 fully saturated rings. The second-order valence-corrected chi connectivity index (χ2v) is 7.02. The molecule has 20 heavy (non-hydrogen) atoms. The van der Waals surface area contributed by atoms with E-state index in [1.54, 1.807) is 20.9 Å². The normalized spacial score (nSPS) is 13.8. The molecule has 0 rings (SSSR count). The maximum atomic E-state index is 12.0. The first-order valence-electron chi connectivity index (χ1n) is 6.76. The first-order valence-corrected chi connectivity index (χ1v) is 6.76. The number of hydrogen-bond donors (Lipinski definition) is 3. The summed E-state index contributed by atoms with van der Waals surface area (Å²) in [5.41, 5.74) is -0.809. The third-order valence-electron chi connectivity index (χ3n) is 3.31. The maximum absolute atomic E-state index is 12.0. The molecule has 1 atom stereocenters. The van der Waals surface area contributed by atoms with Crippen molar-refractivity contribution in [2.24, 2.45) is 11.3 Å².